The van der Waals surface area contributed by atoms with Gasteiger partial charge in [0.2, 0.25) is 5.91 Å². The van der Waals surface area contributed by atoms with E-state index in [4.69, 9.17) is 11.6 Å². The van der Waals surface area contributed by atoms with E-state index in [-0.39, 0.29) is 11.9 Å². The van der Waals surface area contributed by atoms with E-state index < -0.39 is 0 Å². The number of benzene rings is 1. The molecule has 3 nitrogen and oxygen atoms in total. The molecular formula is C19H15ClN2OS. The normalized spacial score (nSPS) is 12.2. The van der Waals surface area contributed by atoms with Crippen LogP contribution in [-0.2, 0) is 4.79 Å². The summed E-state index contributed by atoms with van der Waals surface area (Å²) in [7, 11) is 0. The second-order valence-corrected chi connectivity index (χ2v) is 6.35. The molecule has 1 amide bonds. The topological polar surface area (TPSA) is 42.0 Å². The average Bonchev–Trinajstić information content (AvgIpc) is 3.14. The van der Waals surface area contributed by atoms with Crippen LogP contribution in [-0.4, -0.2) is 10.9 Å². The number of hydrogen-bond donors (Lipinski definition) is 1. The number of pyridine rings is 1. The minimum Gasteiger partial charge on any atom is -0.342 e. The number of halogens is 1. The van der Waals surface area contributed by atoms with Gasteiger partial charge in [-0.05, 0) is 58.3 Å². The fraction of sp³-hybridized carbons (Fsp3) is 0.0526. The quantitative estimate of drug-likeness (QED) is 0.674. The molecule has 120 valence electrons. The Hall–Kier alpha value is -2.43. The maximum Gasteiger partial charge on any atom is 0.244 e. The van der Waals surface area contributed by atoms with Crippen molar-refractivity contribution in [2.75, 3.05) is 0 Å². The average molecular weight is 355 g/mol. The molecule has 5 heteroatoms. The molecule has 1 N–H and O–H groups in total. The lowest BCUT2D eigenvalue weighted by atomic mass is 10.0. The number of aromatic nitrogens is 1. The zero-order valence-corrected chi connectivity index (χ0v) is 14.3. The largest absolute Gasteiger partial charge is 0.342 e. The molecule has 0 aliphatic rings. The van der Waals surface area contributed by atoms with Crippen molar-refractivity contribution in [3.8, 4) is 0 Å². The van der Waals surface area contributed by atoms with E-state index in [9.17, 15) is 4.79 Å². The molecular weight excluding hydrogens is 340 g/mol. The van der Waals surface area contributed by atoms with Gasteiger partial charge in [0, 0.05) is 17.3 Å². The number of carbonyl (C=O) groups excluding carboxylic acids is 1. The van der Waals surface area contributed by atoms with E-state index in [2.05, 4.69) is 10.3 Å². The first-order valence-corrected chi connectivity index (χ1v) is 8.71. The van der Waals surface area contributed by atoms with E-state index in [0.717, 1.165) is 16.8 Å². The Balaban J connectivity index is 1.78. The van der Waals surface area contributed by atoms with Gasteiger partial charge in [0.05, 0.1) is 11.7 Å². The second-order valence-electron chi connectivity index (χ2n) is 5.14. The van der Waals surface area contributed by atoms with Crippen molar-refractivity contribution in [2.24, 2.45) is 0 Å². The first kappa shape index (κ1) is 16.4. The van der Waals surface area contributed by atoms with Crippen molar-refractivity contribution in [1.29, 1.82) is 0 Å². The van der Waals surface area contributed by atoms with E-state index in [1.807, 2.05) is 59.3 Å². The van der Waals surface area contributed by atoms with Crippen molar-refractivity contribution in [1.82, 2.24) is 10.3 Å². The van der Waals surface area contributed by atoms with Crippen LogP contribution in [0.3, 0.4) is 0 Å². The van der Waals surface area contributed by atoms with Crippen LogP contribution in [0, 0.1) is 0 Å². The molecule has 0 saturated heterocycles. The summed E-state index contributed by atoms with van der Waals surface area (Å²) < 4.78 is 0. The molecule has 2 aromatic heterocycles. The van der Waals surface area contributed by atoms with Crippen LogP contribution in [0.4, 0.5) is 0 Å². The number of nitrogens with one attached hydrogen (secondary N) is 1. The van der Waals surface area contributed by atoms with Crippen LogP contribution in [0.25, 0.3) is 6.08 Å². The molecule has 0 bridgehead atoms. The SMILES string of the molecule is O=C(/C=C/c1ccccn1)NC(c1ccc(Cl)cc1)c1ccsc1. The summed E-state index contributed by atoms with van der Waals surface area (Å²) in [6.45, 7) is 0. The van der Waals surface area contributed by atoms with Crippen LogP contribution in [0.5, 0.6) is 0 Å². The third-order valence-electron chi connectivity index (χ3n) is 3.46. The molecule has 1 aromatic carbocycles. The molecule has 24 heavy (non-hydrogen) atoms. The van der Waals surface area contributed by atoms with E-state index in [0.29, 0.717) is 5.02 Å². The highest BCUT2D eigenvalue weighted by atomic mass is 35.5. The molecule has 0 spiro atoms. The Kier molecular flexibility index (Phi) is 5.41. The molecule has 3 rings (SSSR count). The number of nitrogens with zero attached hydrogens (tertiary/aromatic N) is 1. The van der Waals surface area contributed by atoms with Crippen molar-refractivity contribution in [3.63, 3.8) is 0 Å². The van der Waals surface area contributed by atoms with E-state index in [1.54, 1.807) is 23.6 Å². The lowest BCUT2D eigenvalue weighted by Crippen LogP contribution is -2.27. The highest BCUT2D eigenvalue weighted by Crippen LogP contribution is 2.25. The Morgan fingerprint density at radius 1 is 1.12 bits per heavy atom. The molecule has 0 saturated carbocycles. The van der Waals surface area contributed by atoms with Gasteiger partial charge in [-0.15, -0.1) is 0 Å². The zero-order chi connectivity index (χ0) is 16.8. The van der Waals surface area contributed by atoms with E-state index in [1.165, 1.54) is 6.08 Å². The van der Waals surface area contributed by atoms with Gasteiger partial charge in [-0.3, -0.25) is 9.78 Å². The van der Waals surface area contributed by atoms with Gasteiger partial charge in [0.1, 0.15) is 0 Å². The highest BCUT2D eigenvalue weighted by Gasteiger charge is 2.16. The fourth-order valence-corrected chi connectivity index (χ4v) is 3.09. The van der Waals surface area contributed by atoms with Crippen molar-refractivity contribution < 1.29 is 4.79 Å². The molecule has 1 unspecified atom stereocenters. The Morgan fingerprint density at radius 3 is 2.62 bits per heavy atom. The summed E-state index contributed by atoms with van der Waals surface area (Å²) in [6, 6.07) is 14.9. The standard InChI is InChI=1S/C19H15ClN2OS/c20-16-6-4-14(5-7-16)19(15-10-12-24-13-15)22-18(23)9-8-17-3-1-2-11-21-17/h1-13,19H,(H,22,23)/b9-8+. The molecule has 1 atom stereocenters. The minimum atomic E-state index is -0.214. The summed E-state index contributed by atoms with van der Waals surface area (Å²) in [4.78, 5) is 16.5. The van der Waals surface area contributed by atoms with Crippen LogP contribution < -0.4 is 5.32 Å². The Bertz CT molecular complexity index is 814. The minimum absolute atomic E-state index is 0.174. The van der Waals surface area contributed by atoms with Gasteiger partial charge >= 0.3 is 0 Å². The number of amides is 1. The second kappa shape index (κ2) is 7.90. The third-order valence-corrected chi connectivity index (χ3v) is 4.41. The smallest absolute Gasteiger partial charge is 0.244 e. The lowest BCUT2D eigenvalue weighted by molar-refractivity contribution is -0.116. The Morgan fingerprint density at radius 2 is 1.96 bits per heavy atom. The van der Waals surface area contributed by atoms with E-state index >= 15 is 0 Å². The molecule has 3 aromatic rings. The van der Waals surface area contributed by atoms with Crippen molar-refractivity contribution >= 4 is 34.9 Å². The summed E-state index contributed by atoms with van der Waals surface area (Å²) in [6.07, 6.45) is 4.89. The van der Waals surface area contributed by atoms with Gasteiger partial charge in [0.15, 0.2) is 0 Å². The van der Waals surface area contributed by atoms with Crippen LogP contribution in [0.15, 0.2) is 71.6 Å². The summed E-state index contributed by atoms with van der Waals surface area (Å²) in [5.74, 6) is -0.174. The first-order chi connectivity index (χ1) is 11.7. The van der Waals surface area contributed by atoms with Gasteiger partial charge in [-0.2, -0.15) is 11.3 Å². The van der Waals surface area contributed by atoms with Gasteiger partial charge < -0.3 is 5.32 Å². The number of thiophene rings is 1. The maximum absolute atomic E-state index is 12.3. The summed E-state index contributed by atoms with van der Waals surface area (Å²) in [5, 5.41) is 7.73. The van der Waals surface area contributed by atoms with Crippen molar-refractivity contribution in [3.05, 3.63) is 93.4 Å². The molecule has 0 fully saturated rings. The van der Waals surface area contributed by atoms with Gasteiger partial charge in [0.25, 0.3) is 0 Å². The number of hydrogen-bond acceptors (Lipinski definition) is 3. The predicted octanol–water partition coefficient (Wildman–Crippen LogP) is 4.72. The summed E-state index contributed by atoms with van der Waals surface area (Å²) >= 11 is 7.56. The molecule has 0 aliphatic heterocycles. The van der Waals surface area contributed by atoms with Crippen LogP contribution in [0.1, 0.15) is 22.9 Å². The highest BCUT2D eigenvalue weighted by molar-refractivity contribution is 7.08. The fourth-order valence-electron chi connectivity index (χ4n) is 2.28. The van der Waals surface area contributed by atoms with Crippen LogP contribution in [0.2, 0.25) is 5.02 Å². The number of rotatable bonds is 5. The molecule has 2 heterocycles. The molecule has 0 radical (unpaired) electrons. The number of carbonyl (C=O) groups is 1. The van der Waals surface area contributed by atoms with Gasteiger partial charge in [-0.1, -0.05) is 29.8 Å². The van der Waals surface area contributed by atoms with Crippen LogP contribution >= 0.6 is 22.9 Å². The zero-order valence-electron chi connectivity index (χ0n) is 12.7. The third kappa shape index (κ3) is 4.31. The monoisotopic (exact) mass is 354 g/mol. The summed E-state index contributed by atoms with van der Waals surface area (Å²) in [5.41, 5.74) is 2.77. The maximum atomic E-state index is 12.3. The lowest BCUT2D eigenvalue weighted by Gasteiger charge is -2.17. The molecule has 0 aliphatic carbocycles. The predicted molar refractivity (Wildman–Crippen MR) is 99.0 cm³/mol. The Labute approximate surface area is 149 Å². The first-order valence-electron chi connectivity index (χ1n) is 7.39. The van der Waals surface area contributed by atoms with Crippen molar-refractivity contribution in [2.45, 2.75) is 6.04 Å². The van der Waals surface area contributed by atoms with Gasteiger partial charge in [-0.25, -0.2) is 0 Å².